The average Bonchev–Trinajstić information content (AvgIpc) is 2.48. The zero-order valence-electron chi connectivity index (χ0n) is 13.4. The highest BCUT2D eigenvalue weighted by Crippen LogP contribution is 2.65. The minimum atomic E-state index is -0.378. The van der Waals surface area contributed by atoms with Gasteiger partial charge >= 0.3 is 0 Å². The van der Waals surface area contributed by atoms with Gasteiger partial charge in [0.15, 0.2) is 0 Å². The van der Waals surface area contributed by atoms with E-state index in [1.807, 2.05) is 0 Å². The third-order valence-corrected chi connectivity index (χ3v) is 10.7. The van der Waals surface area contributed by atoms with Gasteiger partial charge in [-0.15, -0.1) is 23.5 Å². The summed E-state index contributed by atoms with van der Waals surface area (Å²) in [5, 5.41) is 4.46. The Labute approximate surface area is 144 Å². The molecule has 0 nitrogen and oxygen atoms in total. The first-order valence-corrected chi connectivity index (χ1v) is 10.9. The monoisotopic (exact) mass is 346 g/mol. The van der Waals surface area contributed by atoms with Crippen molar-refractivity contribution in [3.05, 3.63) is 60.7 Å². The van der Waals surface area contributed by atoms with Crippen LogP contribution in [0.2, 0.25) is 0 Å². The highest BCUT2D eigenvalue weighted by molar-refractivity contribution is 8.27. The van der Waals surface area contributed by atoms with Gasteiger partial charge in [0.1, 0.15) is 0 Å². The molecule has 0 saturated carbocycles. The van der Waals surface area contributed by atoms with Crippen LogP contribution in [-0.2, 0) is 0 Å². The Bertz CT molecular complexity index is 550. The van der Waals surface area contributed by atoms with Crippen molar-refractivity contribution in [2.24, 2.45) is 0 Å². The maximum absolute atomic E-state index is 2.47. The predicted molar refractivity (Wildman–Crippen MR) is 106 cm³/mol. The van der Waals surface area contributed by atoms with Gasteiger partial charge in [-0.2, -0.15) is 0 Å². The molecular formula is C19H23PS2. The van der Waals surface area contributed by atoms with E-state index < -0.39 is 0 Å². The molecule has 0 spiro atoms. The molecule has 3 heteroatoms. The topological polar surface area (TPSA) is 0 Å². The van der Waals surface area contributed by atoms with Crippen molar-refractivity contribution in [1.29, 1.82) is 0 Å². The highest BCUT2D eigenvalue weighted by Gasteiger charge is 2.43. The maximum Gasteiger partial charge on any atom is 0.0863 e. The van der Waals surface area contributed by atoms with Crippen molar-refractivity contribution >= 4 is 42.1 Å². The Morgan fingerprint density at radius 1 is 0.818 bits per heavy atom. The van der Waals surface area contributed by atoms with Gasteiger partial charge in [0, 0.05) is 10.5 Å². The minimum absolute atomic E-state index is 0.245. The molecule has 1 fully saturated rings. The third-order valence-electron chi connectivity index (χ3n) is 3.94. The molecule has 1 heterocycles. The standard InChI is InChI=1S/C19H23PS2/c1-15-14-16(2)22-19(3,21-15)20(17-10-6-4-7-11-17)18-12-8-5-9-13-18/h4-13,15-16H,14H2,1-3H3/t15-,16+,19?. The Balaban J connectivity index is 2.06. The number of hydrogen-bond donors (Lipinski definition) is 0. The fourth-order valence-corrected chi connectivity index (χ4v) is 12.2. The van der Waals surface area contributed by atoms with Gasteiger partial charge in [-0.1, -0.05) is 74.5 Å². The van der Waals surface area contributed by atoms with Crippen LogP contribution < -0.4 is 10.6 Å². The molecule has 0 aromatic heterocycles. The van der Waals surface area contributed by atoms with Crippen LogP contribution in [0.1, 0.15) is 27.2 Å². The molecule has 0 radical (unpaired) electrons. The van der Waals surface area contributed by atoms with Gasteiger partial charge in [0.05, 0.1) is 3.82 Å². The van der Waals surface area contributed by atoms with Crippen LogP contribution in [-0.4, -0.2) is 14.3 Å². The van der Waals surface area contributed by atoms with E-state index in [-0.39, 0.29) is 11.7 Å². The first kappa shape index (κ1) is 16.4. The van der Waals surface area contributed by atoms with E-state index in [4.69, 9.17) is 0 Å². The second-order valence-electron chi connectivity index (χ2n) is 6.00. The fraction of sp³-hybridized carbons (Fsp3) is 0.368. The largest absolute Gasteiger partial charge is 0.136 e. The Kier molecular flexibility index (Phi) is 5.22. The van der Waals surface area contributed by atoms with E-state index in [9.17, 15) is 0 Å². The van der Waals surface area contributed by atoms with Gasteiger partial charge in [-0.05, 0) is 31.9 Å². The van der Waals surface area contributed by atoms with Crippen molar-refractivity contribution in [3.8, 4) is 0 Å². The zero-order chi connectivity index (χ0) is 15.6. The van der Waals surface area contributed by atoms with Crippen LogP contribution >= 0.6 is 31.4 Å². The van der Waals surface area contributed by atoms with Crippen LogP contribution in [0.5, 0.6) is 0 Å². The number of hydrogen-bond acceptors (Lipinski definition) is 2. The lowest BCUT2D eigenvalue weighted by molar-refractivity contribution is 0.788. The van der Waals surface area contributed by atoms with Crippen LogP contribution in [0.25, 0.3) is 0 Å². The van der Waals surface area contributed by atoms with Crippen LogP contribution in [0.15, 0.2) is 60.7 Å². The van der Waals surface area contributed by atoms with Gasteiger partial charge < -0.3 is 0 Å². The van der Waals surface area contributed by atoms with Crippen LogP contribution in [0, 0.1) is 0 Å². The van der Waals surface area contributed by atoms with Crippen molar-refractivity contribution < 1.29 is 0 Å². The zero-order valence-corrected chi connectivity index (χ0v) is 15.9. The van der Waals surface area contributed by atoms with Crippen LogP contribution in [0.4, 0.5) is 0 Å². The lowest BCUT2D eigenvalue weighted by atomic mass is 10.3. The number of thioether (sulfide) groups is 2. The average molecular weight is 347 g/mol. The summed E-state index contributed by atoms with van der Waals surface area (Å²) in [6, 6.07) is 22.2. The number of rotatable bonds is 3. The molecule has 1 aliphatic heterocycles. The smallest absolute Gasteiger partial charge is 0.0863 e. The molecule has 0 aliphatic carbocycles. The molecule has 0 amide bonds. The fourth-order valence-electron chi connectivity index (χ4n) is 3.22. The summed E-state index contributed by atoms with van der Waals surface area (Å²) in [4.78, 5) is 0. The molecule has 116 valence electrons. The molecule has 1 saturated heterocycles. The van der Waals surface area contributed by atoms with Crippen molar-refractivity contribution in [1.82, 2.24) is 0 Å². The lowest BCUT2D eigenvalue weighted by Crippen LogP contribution is -2.33. The minimum Gasteiger partial charge on any atom is -0.136 e. The molecule has 3 rings (SSSR count). The first-order chi connectivity index (χ1) is 10.6. The molecule has 1 unspecified atom stereocenters. The third kappa shape index (κ3) is 3.55. The molecule has 0 N–H and O–H groups in total. The first-order valence-electron chi connectivity index (χ1n) is 7.84. The Morgan fingerprint density at radius 2 is 1.23 bits per heavy atom. The van der Waals surface area contributed by atoms with E-state index in [2.05, 4.69) is 105 Å². The van der Waals surface area contributed by atoms with Gasteiger partial charge in [-0.25, -0.2) is 0 Å². The Morgan fingerprint density at radius 3 is 1.64 bits per heavy atom. The van der Waals surface area contributed by atoms with Crippen molar-refractivity contribution in [2.45, 2.75) is 41.5 Å². The van der Waals surface area contributed by atoms with E-state index in [0.29, 0.717) is 0 Å². The van der Waals surface area contributed by atoms with E-state index in [1.54, 1.807) is 0 Å². The molecule has 2 aromatic rings. The van der Waals surface area contributed by atoms with E-state index in [0.717, 1.165) is 10.5 Å². The van der Waals surface area contributed by atoms with Gasteiger partial charge in [0.2, 0.25) is 0 Å². The van der Waals surface area contributed by atoms with Crippen molar-refractivity contribution in [3.63, 3.8) is 0 Å². The van der Waals surface area contributed by atoms with Gasteiger partial charge in [0.25, 0.3) is 0 Å². The normalized spacial score (nSPS) is 28.7. The van der Waals surface area contributed by atoms with E-state index in [1.165, 1.54) is 17.0 Å². The predicted octanol–water partition coefficient (Wildman–Crippen LogP) is 5.44. The summed E-state index contributed by atoms with van der Waals surface area (Å²) >= 11 is 4.36. The second kappa shape index (κ2) is 6.99. The molecule has 0 bridgehead atoms. The highest BCUT2D eigenvalue weighted by atomic mass is 32.2. The summed E-state index contributed by atoms with van der Waals surface area (Å²) < 4.78 is 0.245. The molecular weight excluding hydrogens is 323 g/mol. The van der Waals surface area contributed by atoms with Crippen LogP contribution in [0.3, 0.4) is 0 Å². The Hall–Kier alpha value is -0.430. The van der Waals surface area contributed by atoms with E-state index >= 15 is 0 Å². The molecule has 2 aromatic carbocycles. The quantitative estimate of drug-likeness (QED) is 0.679. The molecule has 3 atom stereocenters. The summed E-state index contributed by atoms with van der Waals surface area (Å²) in [5.41, 5.74) is 0. The molecule has 1 aliphatic rings. The SMILES string of the molecule is C[C@@H]1C[C@H](C)SC(C)(P(c2ccccc2)c2ccccc2)S1. The van der Waals surface area contributed by atoms with Crippen molar-refractivity contribution in [2.75, 3.05) is 0 Å². The lowest BCUT2D eigenvalue weighted by Gasteiger charge is -2.45. The summed E-state index contributed by atoms with van der Waals surface area (Å²) in [7, 11) is -0.378. The summed E-state index contributed by atoms with van der Waals surface area (Å²) in [5.74, 6) is 0. The molecule has 22 heavy (non-hydrogen) atoms. The number of benzene rings is 2. The maximum atomic E-state index is 2.47. The summed E-state index contributed by atoms with van der Waals surface area (Å²) in [6.07, 6.45) is 1.32. The summed E-state index contributed by atoms with van der Waals surface area (Å²) in [6.45, 7) is 7.26. The second-order valence-corrected chi connectivity index (χ2v) is 13.2. The van der Waals surface area contributed by atoms with Gasteiger partial charge in [-0.3, -0.25) is 0 Å².